The molecule has 24 heavy (non-hydrogen) atoms. The van der Waals surface area contributed by atoms with E-state index in [1.54, 1.807) is 42.5 Å². The summed E-state index contributed by atoms with van der Waals surface area (Å²) in [4.78, 5) is 0.169. The van der Waals surface area contributed by atoms with Crippen molar-refractivity contribution in [3.05, 3.63) is 54.4 Å². The summed E-state index contributed by atoms with van der Waals surface area (Å²) in [5.41, 5.74) is 1.88. The summed E-state index contributed by atoms with van der Waals surface area (Å²) in [5.74, 6) is 0.391. The van der Waals surface area contributed by atoms with Gasteiger partial charge in [-0.25, -0.2) is 13.1 Å². The number of hydrogen-bond acceptors (Lipinski definition) is 6. The molecule has 3 aromatic rings. The highest BCUT2D eigenvalue weighted by Gasteiger charge is 2.17. The molecular weight excluding hydrogens is 330 g/mol. The van der Waals surface area contributed by atoms with E-state index in [0.29, 0.717) is 17.1 Å². The maximum absolute atomic E-state index is 12.6. The van der Waals surface area contributed by atoms with Crippen molar-refractivity contribution in [2.24, 2.45) is 0 Å². The van der Waals surface area contributed by atoms with Gasteiger partial charge in [-0.15, -0.1) is 5.10 Å². The number of hydrogen-bond donors (Lipinski definition) is 1. The Morgan fingerprint density at radius 3 is 2.50 bits per heavy atom. The third kappa shape index (κ3) is 3.20. The lowest BCUT2D eigenvalue weighted by Crippen LogP contribution is -2.14. The number of nitrogens with zero attached hydrogens (tertiary/aromatic N) is 4. The van der Waals surface area contributed by atoms with Crippen LogP contribution in [0, 0.1) is 6.92 Å². The zero-order valence-electron chi connectivity index (χ0n) is 13.0. The number of aromatic nitrogens is 4. The average molecular weight is 345 g/mol. The first-order valence-corrected chi connectivity index (χ1v) is 8.49. The summed E-state index contributed by atoms with van der Waals surface area (Å²) < 4.78 is 34.3. The molecule has 0 unspecified atom stereocenters. The van der Waals surface area contributed by atoms with Crippen LogP contribution in [0.3, 0.4) is 0 Å². The molecule has 124 valence electrons. The number of methoxy groups -OCH3 is 1. The molecule has 0 saturated heterocycles. The number of rotatable bonds is 5. The SMILES string of the molecule is COc1ccc(-n2cnnn2)cc1NS(=O)(=O)c1ccc(C)cc1. The highest BCUT2D eigenvalue weighted by Crippen LogP contribution is 2.29. The molecule has 1 heterocycles. The van der Waals surface area contributed by atoms with E-state index >= 15 is 0 Å². The number of anilines is 1. The highest BCUT2D eigenvalue weighted by molar-refractivity contribution is 7.92. The molecule has 1 aromatic heterocycles. The molecule has 0 bridgehead atoms. The minimum absolute atomic E-state index is 0.169. The minimum Gasteiger partial charge on any atom is -0.495 e. The molecule has 3 rings (SSSR count). The van der Waals surface area contributed by atoms with E-state index in [9.17, 15) is 8.42 Å². The molecule has 0 fully saturated rings. The molecule has 2 aromatic carbocycles. The van der Waals surface area contributed by atoms with Gasteiger partial charge in [-0.05, 0) is 47.7 Å². The summed E-state index contributed by atoms with van der Waals surface area (Å²) in [6.07, 6.45) is 1.42. The number of nitrogens with one attached hydrogen (secondary N) is 1. The first-order chi connectivity index (χ1) is 11.5. The Bertz CT molecular complexity index is 938. The maximum atomic E-state index is 12.6. The van der Waals surface area contributed by atoms with Gasteiger partial charge in [-0.2, -0.15) is 0 Å². The van der Waals surface area contributed by atoms with E-state index in [1.165, 1.54) is 18.1 Å². The van der Waals surface area contributed by atoms with Gasteiger partial charge in [0.15, 0.2) is 0 Å². The number of benzene rings is 2. The predicted molar refractivity (Wildman–Crippen MR) is 87.7 cm³/mol. The maximum Gasteiger partial charge on any atom is 0.262 e. The first-order valence-electron chi connectivity index (χ1n) is 7.00. The van der Waals surface area contributed by atoms with Crippen molar-refractivity contribution in [3.63, 3.8) is 0 Å². The third-order valence-corrected chi connectivity index (χ3v) is 4.75. The quantitative estimate of drug-likeness (QED) is 0.757. The van der Waals surface area contributed by atoms with E-state index in [2.05, 4.69) is 20.2 Å². The zero-order chi connectivity index (χ0) is 17.2. The summed E-state index contributed by atoms with van der Waals surface area (Å²) in [6, 6.07) is 11.5. The van der Waals surface area contributed by atoms with Crippen LogP contribution in [0.1, 0.15) is 5.56 Å². The largest absolute Gasteiger partial charge is 0.495 e. The van der Waals surface area contributed by atoms with E-state index < -0.39 is 10.0 Å². The van der Waals surface area contributed by atoms with Gasteiger partial charge in [0.1, 0.15) is 12.1 Å². The summed E-state index contributed by atoms with van der Waals surface area (Å²) in [5, 5.41) is 10.9. The van der Waals surface area contributed by atoms with Crippen LogP contribution in [-0.2, 0) is 10.0 Å². The van der Waals surface area contributed by atoms with Crippen LogP contribution in [0.25, 0.3) is 5.69 Å². The zero-order valence-corrected chi connectivity index (χ0v) is 13.9. The monoisotopic (exact) mass is 345 g/mol. The van der Waals surface area contributed by atoms with Crippen LogP contribution in [0.5, 0.6) is 5.75 Å². The number of aryl methyl sites for hydroxylation is 1. The van der Waals surface area contributed by atoms with Crippen molar-refractivity contribution < 1.29 is 13.2 Å². The molecule has 9 heteroatoms. The predicted octanol–water partition coefficient (Wildman–Crippen LogP) is 1.78. The van der Waals surface area contributed by atoms with E-state index in [1.807, 2.05) is 6.92 Å². The molecule has 8 nitrogen and oxygen atoms in total. The van der Waals surface area contributed by atoms with Crippen LogP contribution in [0.15, 0.2) is 53.7 Å². The normalized spacial score (nSPS) is 11.2. The Morgan fingerprint density at radius 2 is 1.88 bits per heavy atom. The molecule has 0 atom stereocenters. The van der Waals surface area contributed by atoms with E-state index in [4.69, 9.17) is 4.74 Å². The number of ether oxygens (including phenoxy) is 1. The van der Waals surface area contributed by atoms with E-state index in [-0.39, 0.29) is 4.90 Å². The van der Waals surface area contributed by atoms with Gasteiger partial charge in [0, 0.05) is 0 Å². The molecule has 0 saturated carbocycles. The van der Waals surface area contributed by atoms with Gasteiger partial charge in [-0.3, -0.25) is 4.72 Å². The van der Waals surface area contributed by atoms with Crippen molar-refractivity contribution in [2.75, 3.05) is 11.8 Å². The Kier molecular flexibility index (Phi) is 4.17. The van der Waals surface area contributed by atoms with Crippen LogP contribution < -0.4 is 9.46 Å². The van der Waals surface area contributed by atoms with Crippen LogP contribution in [0.2, 0.25) is 0 Å². The van der Waals surface area contributed by atoms with Crippen molar-refractivity contribution in [1.82, 2.24) is 20.2 Å². The molecule has 0 aliphatic heterocycles. The molecule has 0 aliphatic rings. The summed E-state index contributed by atoms with van der Waals surface area (Å²) in [6.45, 7) is 1.89. The second-order valence-electron chi connectivity index (χ2n) is 5.06. The molecule has 1 N–H and O–H groups in total. The smallest absolute Gasteiger partial charge is 0.262 e. The lowest BCUT2D eigenvalue weighted by molar-refractivity contribution is 0.417. The second kappa shape index (κ2) is 6.28. The molecule has 0 spiro atoms. The van der Waals surface area contributed by atoms with Crippen molar-refractivity contribution in [3.8, 4) is 11.4 Å². The number of sulfonamides is 1. The van der Waals surface area contributed by atoms with Gasteiger partial charge in [0.2, 0.25) is 0 Å². The van der Waals surface area contributed by atoms with Crippen molar-refractivity contribution >= 4 is 15.7 Å². The lowest BCUT2D eigenvalue weighted by atomic mass is 10.2. The second-order valence-corrected chi connectivity index (χ2v) is 6.74. The fourth-order valence-electron chi connectivity index (χ4n) is 2.12. The Hall–Kier alpha value is -2.94. The van der Waals surface area contributed by atoms with Gasteiger partial charge >= 0.3 is 0 Å². The average Bonchev–Trinajstić information content (AvgIpc) is 3.09. The van der Waals surface area contributed by atoms with Crippen LogP contribution in [0.4, 0.5) is 5.69 Å². The molecular formula is C15H15N5O3S. The minimum atomic E-state index is -3.74. The first kappa shape index (κ1) is 15.9. The molecule has 0 aliphatic carbocycles. The van der Waals surface area contributed by atoms with Gasteiger partial charge in [0.05, 0.1) is 23.4 Å². The highest BCUT2D eigenvalue weighted by atomic mass is 32.2. The fourth-order valence-corrected chi connectivity index (χ4v) is 3.18. The van der Waals surface area contributed by atoms with Crippen molar-refractivity contribution in [1.29, 1.82) is 0 Å². The Morgan fingerprint density at radius 1 is 1.12 bits per heavy atom. The van der Waals surface area contributed by atoms with E-state index in [0.717, 1.165) is 5.56 Å². The van der Waals surface area contributed by atoms with Gasteiger partial charge in [-0.1, -0.05) is 17.7 Å². The molecule has 0 amide bonds. The third-order valence-electron chi connectivity index (χ3n) is 3.37. The van der Waals surface area contributed by atoms with Crippen molar-refractivity contribution in [2.45, 2.75) is 11.8 Å². The lowest BCUT2D eigenvalue weighted by Gasteiger charge is -2.13. The number of tetrazole rings is 1. The van der Waals surface area contributed by atoms with Gasteiger partial charge in [0.25, 0.3) is 10.0 Å². The Labute approximate surface area is 139 Å². The van der Waals surface area contributed by atoms with Gasteiger partial charge < -0.3 is 4.74 Å². The Balaban J connectivity index is 1.99. The summed E-state index contributed by atoms with van der Waals surface area (Å²) >= 11 is 0. The molecule has 0 radical (unpaired) electrons. The van der Waals surface area contributed by atoms with Crippen LogP contribution >= 0.6 is 0 Å². The van der Waals surface area contributed by atoms with Crippen LogP contribution in [-0.4, -0.2) is 35.7 Å². The topological polar surface area (TPSA) is 99.0 Å². The standard InChI is InChI=1S/C15H15N5O3S/c1-11-3-6-13(7-4-11)24(21,22)17-14-9-12(5-8-15(14)23-2)20-10-16-18-19-20/h3-10,17H,1-2H3. The summed E-state index contributed by atoms with van der Waals surface area (Å²) in [7, 11) is -2.27. The fraction of sp³-hybridized carbons (Fsp3) is 0.133.